The number of anilines is 1. The lowest BCUT2D eigenvalue weighted by atomic mass is 10.1. The predicted octanol–water partition coefficient (Wildman–Crippen LogP) is 4.27. The zero-order valence-electron chi connectivity index (χ0n) is 16.7. The summed E-state index contributed by atoms with van der Waals surface area (Å²) in [6.07, 6.45) is 10.9. The summed E-state index contributed by atoms with van der Waals surface area (Å²) in [6.45, 7) is 4.58. The molecule has 0 radical (unpaired) electrons. The van der Waals surface area contributed by atoms with Gasteiger partial charge in [0.1, 0.15) is 0 Å². The minimum atomic E-state index is 0.198. The van der Waals surface area contributed by atoms with Gasteiger partial charge in [0.25, 0.3) is 0 Å². The highest BCUT2D eigenvalue weighted by atomic mass is 16.5. The molecule has 0 heterocycles. The summed E-state index contributed by atoms with van der Waals surface area (Å²) in [5, 5.41) is 12.1. The van der Waals surface area contributed by atoms with Crippen LogP contribution in [0.4, 0.5) is 5.69 Å². The van der Waals surface area contributed by atoms with E-state index in [0.29, 0.717) is 30.3 Å². The van der Waals surface area contributed by atoms with Gasteiger partial charge in [0, 0.05) is 13.2 Å². The highest BCUT2D eigenvalue weighted by Gasteiger charge is 2.11. The first-order valence-electron chi connectivity index (χ1n) is 10.1. The molecule has 0 spiro atoms. The van der Waals surface area contributed by atoms with Crippen LogP contribution in [0.3, 0.4) is 0 Å². The molecule has 1 aromatic rings. The number of aliphatic hydroxyl groups excluding tert-OH is 1. The van der Waals surface area contributed by atoms with Crippen molar-refractivity contribution < 1.29 is 14.6 Å². The molecule has 0 saturated carbocycles. The average molecular weight is 367 g/mol. The van der Waals surface area contributed by atoms with E-state index in [4.69, 9.17) is 20.3 Å². The van der Waals surface area contributed by atoms with Crippen molar-refractivity contribution in [3.8, 4) is 11.5 Å². The van der Waals surface area contributed by atoms with Gasteiger partial charge < -0.3 is 25.6 Å². The number of unbranched alkanes of at least 4 members (excludes halogenated alkanes) is 7. The number of aliphatic hydroxyl groups is 1. The van der Waals surface area contributed by atoms with Gasteiger partial charge in [-0.1, -0.05) is 51.9 Å². The molecule has 4 N–H and O–H groups in total. The first kappa shape index (κ1) is 22.6. The van der Waals surface area contributed by atoms with Crippen molar-refractivity contribution >= 4 is 5.69 Å². The van der Waals surface area contributed by atoms with E-state index >= 15 is 0 Å². The Morgan fingerprint density at radius 3 is 2.35 bits per heavy atom. The van der Waals surface area contributed by atoms with Crippen LogP contribution in [0.1, 0.15) is 70.3 Å². The van der Waals surface area contributed by atoms with Gasteiger partial charge in [0.15, 0.2) is 11.5 Å². The van der Waals surface area contributed by atoms with Gasteiger partial charge in [-0.25, -0.2) is 0 Å². The Morgan fingerprint density at radius 2 is 1.69 bits per heavy atom. The first-order chi connectivity index (χ1) is 12.7. The summed E-state index contributed by atoms with van der Waals surface area (Å²) in [4.78, 5) is 0. The van der Waals surface area contributed by atoms with E-state index in [1.54, 1.807) is 7.11 Å². The van der Waals surface area contributed by atoms with Crippen LogP contribution in [0.2, 0.25) is 0 Å². The maximum atomic E-state index is 8.81. The standard InChI is InChI=1S/C21H38N2O3/c1-3-4-5-6-7-8-9-10-14-26-21-19(22)15-18(16-20(21)25-2)17-23-12-11-13-24/h15-16,23-24H,3-14,17,22H2,1-2H3. The molecule has 0 atom stereocenters. The molecule has 0 aliphatic heterocycles. The third-order valence-corrected chi connectivity index (χ3v) is 4.45. The second-order valence-electron chi connectivity index (χ2n) is 6.79. The van der Waals surface area contributed by atoms with Gasteiger partial charge in [0.05, 0.1) is 19.4 Å². The Morgan fingerprint density at radius 1 is 1.00 bits per heavy atom. The van der Waals surface area contributed by atoms with Crippen molar-refractivity contribution in [3.05, 3.63) is 17.7 Å². The second-order valence-corrected chi connectivity index (χ2v) is 6.79. The molecule has 0 unspecified atom stereocenters. The zero-order chi connectivity index (χ0) is 19.0. The average Bonchev–Trinajstić information content (AvgIpc) is 2.64. The molecule has 0 fully saturated rings. The summed E-state index contributed by atoms with van der Waals surface area (Å²) < 4.78 is 11.4. The number of rotatable bonds is 16. The number of methoxy groups -OCH3 is 1. The van der Waals surface area contributed by atoms with Crippen molar-refractivity contribution in [3.63, 3.8) is 0 Å². The molecule has 0 aliphatic rings. The van der Waals surface area contributed by atoms with Crippen LogP contribution in [-0.4, -0.2) is 32.0 Å². The van der Waals surface area contributed by atoms with E-state index in [1.807, 2.05) is 12.1 Å². The van der Waals surface area contributed by atoms with Crippen LogP contribution in [0.15, 0.2) is 12.1 Å². The molecule has 0 aromatic heterocycles. The maximum absolute atomic E-state index is 8.81. The van der Waals surface area contributed by atoms with Crippen LogP contribution in [0.5, 0.6) is 11.5 Å². The monoisotopic (exact) mass is 366 g/mol. The molecule has 0 amide bonds. The van der Waals surface area contributed by atoms with Crippen LogP contribution in [-0.2, 0) is 6.54 Å². The second kappa shape index (κ2) is 14.7. The fourth-order valence-electron chi connectivity index (χ4n) is 2.94. The van der Waals surface area contributed by atoms with E-state index in [0.717, 1.165) is 24.9 Å². The largest absolute Gasteiger partial charge is 0.493 e. The molecule has 1 rings (SSSR count). The minimum absolute atomic E-state index is 0.198. The molecule has 26 heavy (non-hydrogen) atoms. The molecular weight excluding hydrogens is 328 g/mol. The van der Waals surface area contributed by atoms with Gasteiger partial charge in [-0.05, 0) is 37.1 Å². The van der Waals surface area contributed by atoms with Crippen LogP contribution < -0.4 is 20.5 Å². The zero-order valence-corrected chi connectivity index (χ0v) is 16.7. The number of ether oxygens (including phenoxy) is 2. The Hall–Kier alpha value is -1.46. The number of hydrogen-bond donors (Lipinski definition) is 3. The van der Waals surface area contributed by atoms with Gasteiger partial charge in [-0.2, -0.15) is 0 Å². The fourth-order valence-corrected chi connectivity index (χ4v) is 2.94. The fraction of sp³-hybridized carbons (Fsp3) is 0.714. The molecule has 5 heteroatoms. The van der Waals surface area contributed by atoms with Crippen molar-refractivity contribution in [2.24, 2.45) is 0 Å². The number of nitrogens with one attached hydrogen (secondary N) is 1. The Balaban J connectivity index is 2.34. The normalized spacial score (nSPS) is 10.9. The number of benzene rings is 1. The van der Waals surface area contributed by atoms with E-state index in [1.165, 1.54) is 44.9 Å². The highest BCUT2D eigenvalue weighted by molar-refractivity contribution is 5.62. The van der Waals surface area contributed by atoms with Crippen molar-refractivity contribution in [1.29, 1.82) is 0 Å². The Kier molecular flexibility index (Phi) is 12.8. The van der Waals surface area contributed by atoms with E-state index in [9.17, 15) is 0 Å². The Labute approximate surface area is 159 Å². The van der Waals surface area contributed by atoms with Gasteiger partial charge in [-0.3, -0.25) is 0 Å². The number of hydrogen-bond acceptors (Lipinski definition) is 5. The topological polar surface area (TPSA) is 76.7 Å². The third-order valence-electron chi connectivity index (χ3n) is 4.45. The smallest absolute Gasteiger partial charge is 0.184 e. The summed E-state index contributed by atoms with van der Waals surface area (Å²) in [7, 11) is 1.64. The Bertz CT molecular complexity index is 481. The summed E-state index contributed by atoms with van der Waals surface area (Å²) in [5.74, 6) is 1.33. The van der Waals surface area contributed by atoms with Crippen LogP contribution in [0.25, 0.3) is 0 Å². The number of nitrogens with two attached hydrogens (primary N) is 1. The van der Waals surface area contributed by atoms with E-state index in [2.05, 4.69) is 12.2 Å². The van der Waals surface area contributed by atoms with E-state index in [-0.39, 0.29) is 6.61 Å². The van der Waals surface area contributed by atoms with Crippen molar-refractivity contribution in [2.45, 2.75) is 71.3 Å². The SMILES string of the molecule is CCCCCCCCCCOc1c(N)cc(CNCCCO)cc1OC. The lowest BCUT2D eigenvalue weighted by Gasteiger charge is -2.15. The van der Waals surface area contributed by atoms with Crippen LogP contribution >= 0.6 is 0 Å². The predicted molar refractivity (Wildman–Crippen MR) is 109 cm³/mol. The first-order valence-corrected chi connectivity index (χ1v) is 10.1. The summed E-state index contributed by atoms with van der Waals surface area (Å²) >= 11 is 0. The molecule has 150 valence electrons. The van der Waals surface area contributed by atoms with Crippen molar-refractivity contribution in [2.75, 3.05) is 32.6 Å². The molecule has 0 saturated heterocycles. The quantitative estimate of drug-likeness (QED) is 0.301. The lowest BCUT2D eigenvalue weighted by molar-refractivity contribution is 0.285. The molecule has 1 aromatic carbocycles. The van der Waals surface area contributed by atoms with E-state index < -0.39 is 0 Å². The lowest BCUT2D eigenvalue weighted by Crippen LogP contribution is -2.16. The molecule has 0 bridgehead atoms. The van der Waals surface area contributed by atoms with Gasteiger partial charge in [0.2, 0.25) is 0 Å². The molecular formula is C21H38N2O3. The highest BCUT2D eigenvalue weighted by Crippen LogP contribution is 2.35. The van der Waals surface area contributed by atoms with Crippen LogP contribution in [0, 0.1) is 0 Å². The van der Waals surface area contributed by atoms with Gasteiger partial charge >= 0.3 is 0 Å². The maximum Gasteiger partial charge on any atom is 0.184 e. The molecule has 0 aliphatic carbocycles. The molecule has 5 nitrogen and oxygen atoms in total. The van der Waals surface area contributed by atoms with Crippen molar-refractivity contribution in [1.82, 2.24) is 5.32 Å². The summed E-state index contributed by atoms with van der Waals surface area (Å²) in [5.41, 5.74) is 7.83. The van der Waals surface area contributed by atoms with Gasteiger partial charge in [-0.15, -0.1) is 0 Å². The number of nitrogen functional groups attached to an aromatic ring is 1. The minimum Gasteiger partial charge on any atom is -0.493 e. The summed E-state index contributed by atoms with van der Waals surface area (Å²) in [6, 6.07) is 3.89. The third kappa shape index (κ3) is 9.30.